The quantitative estimate of drug-likeness (QED) is 0.847. The van der Waals surface area contributed by atoms with E-state index in [1.807, 2.05) is 18.2 Å². The van der Waals surface area contributed by atoms with Gasteiger partial charge in [0.25, 0.3) is 0 Å². The summed E-state index contributed by atoms with van der Waals surface area (Å²) >= 11 is 3.33. The molecule has 0 aliphatic rings. The molecule has 0 fully saturated rings. The van der Waals surface area contributed by atoms with Gasteiger partial charge in [-0.15, -0.1) is 0 Å². The second-order valence-electron chi connectivity index (χ2n) is 2.57. The molecule has 12 heavy (non-hydrogen) atoms. The molecule has 2 nitrogen and oxygen atoms in total. The summed E-state index contributed by atoms with van der Waals surface area (Å²) in [4.78, 5) is 0. The third-order valence-corrected chi connectivity index (χ3v) is 2.31. The fourth-order valence-corrected chi connectivity index (χ4v) is 1.34. The van der Waals surface area contributed by atoms with Gasteiger partial charge in [-0.1, -0.05) is 6.07 Å². The van der Waals surface area contributed by atoms with Gasteiger partial charge in [0.1, 0.15) is 5.75 Å². The summed E-state index contributed by atoms with van der Waals surface area (Å²) in [5, 5.41) is 9.26. The lowest BCUT2D eigenvalue weighted by molar-refractivity contribution is 0.199. The molecule has 1 N–H and O–H groups in total. The number of hydrogen-bond acceptors (Lipinski definition) is 2. The zero-order valence-electron chi connectivity index (χ0n) is 7.04. The minimum absolute atomic E-state index is 0.452. The third-order valence-electron chi connectivity index (χ3n) is 1.66. The number of methoxy groups -OCH3 is 1. The molecule has 0 bridgehead atoms. The van der Waals surface area contributed by atoms with Gasteiger partial charge in [-0.05, 0) is 40.5 Å². The summed E-state index contributed by atoms with van der Waals surface area (Å²) in [6.07, 6.45) is -0.452. The highest BCUT2D eigenvalue weighted by Gasteiger charge is 2.04. The zero-order chi connectivity index (χ0) is 9.14. The molecular formula is C9H11BrO2. The molecule has 1 atom stereocenters. The van der Waals surface area contributed by atoms with Gasteiger partial charge in [0.2, 0.25) is 0 Å². The lowest BCUT2D eigenvalue weighted by Crippen LogP contribution is -1.92. The van der Waals surface area contributed by atoms with Crippen LogP contribution in [0, 0.1) is 0 Å². The van der Waals surface area contributed by atoms with E-state index in [4.69, 9.17) is 4.74 Å². The molecular weight excluding hydrogens is 220 g/mol. The number of hydrogen-bond donors (Lipinski definition) is 1. The summed E-state index contributed by atoms with van der Waals surface area (Å²) in [5.74, 6) is 0.744. The number of halogens is 1. The number of benzene rings is 1. The average Bonchev–Trinajstić information content (AvgIpc) is 2.05. The lowest BCUT2D eigenvalue weighted by Gasteiger charge is -2.08. The van der Waals surface area contributed by atoms with Crippen LogP contribution >= 0.6 is 15.9 Å². The SMILES string of the molecule is COc1cc([C@H](C)O)ccc1Br. The van der Waals surface area contributed by atoms with Crippen molar-refractivity contribution < 1.29 is 9.84 Å². The highest BCUT2D eigenvalue weighted by Crippen LogP contribution is 2.27. The van der Waals surface area contributed by atoms with Crippen LogP contribution < -0.4 is 4.74 Å². The van der Waals surface area contributed by atoms with Crippen LogP contribution in [0.25, 0.3) is 0 Å². The normalized spacial score (nSPS) is 12.7. The molecule has 0 amide bonds. The van der Waals surface area contributed by atoms with Gasteiger partial charge in [-0.25, -0.2) is 0 Å². The van der Waals surface area contributed by atoms with E-state index in [0.717, 1.165) is 15.8 Å². The summed E-state index contributed by atoms with van der Waals surface area (Å²) < 4.78 is 5.98. The van der Waals surface area contributed by atoms with Gasteiger partial charge < -0.3 is 9.84 Å². The Morgan fingerprint density at radius 2 is 2.17 bits per heavy atom. The lowest BCUT2D eigenvalue weighted by atomic mass is 10.1. The molecule has 1 aromatic rings. The molecule has 0 aliphatic carbocycles. The minimum atomic E-state index is -0.452. The Balaban J connectivity index is 3.05. The molecule has 66 valence electrons. The Hall–Kier alpha value is -0.540. The number of rotatable bonds is 2. The number of aliphatic hydroxyl groups is 1. The first-order valence-electron chi connectivity index (χ1n) is 3.66. The topological polar surface area (TPSA) is 29.5 Å². The predicted molar refractivity (Wildman–Crippen MR) is 51.3 cm³/mol. The smallest absolute Gasteiger partial charge is 0.133 e. The van der Waals surface area contributed by atoms with Crippen molar-refractivity contribution in [2.45, 2.75) is 13.0 Å². The van der Waals surface area contributed by atoms with Crippen LogP contribution in [0.2, 0.25) is 0 Å². The van der Waals surface area contributed by atoms with E-state index in [2.05, 4.69) is 15.9 Å². The van der Waals surface area contributed by atoms with E-state index in [0.29, 0.717) is 0 Å². The first-order chi connectivity index (χ1) is 5.65. The maximum atomic E-state index is 9.26. The van der Waals surface area contributed by atoms with Crippen LogP contribution in [0.4, 0.5) is 0 Å². The summed E-state index contributed by atoms with van der Waals surface area (Å²) in [5.41, 5.74) is 0.857. The highest BCUT2D eigenvalue weighted by molar-refractivity contribution is 9.10. The van der Waals surface area contributed by atoms with Crippen molar-refractivity contribution in [2.75, 3.05) is 7.11 Å². The van der Waals surface area contributed by atoms with E-state index >= 15 is 0 Å². The van der Waals surface area contributed by atoms with E-state index in [9.17, 15) is 5.11 Å². The van der Waals surface area contributed by atoms with E-state index in [1.54, 1.807) is 14.0 Å². The molecule has 0 aromatic heterocycles. The Morgan fingerprint density at radius 3 is 2.67 bits per heavy atom. The van der Waals surface area contributed by atoms with Crippen LogP contribution in [-0.4, -0.2) is 12.2 Å². The predicted octanol–water partition coefficient (Wildman–Crippen LogP) is 2.51. The van der Waals surface area contributed by atoms with Gasteiger partial charge in [0, 0.05) is 0 Å². The van der Waals surface area contributed by atoms with Crippen molar-refractivity contribution in [3.8, 4) is 5.75 Å². The molecule has 0 heterocycles. The summed E-state index contributed by atoms with van der Waals surface area (Å²) in [6, 6.07) is 5.53. The van der Waals surface area contributed by atoms with Crippen molar-refractivity contribution in [2.24, 2.45) is 0 Å². The van der Waals surface area contributed by atoms with E-state index < -0.39 is 6.10 Å². The van der Waals surface area contributed by atoms with Crippen LogP contribution in [0.15, 0.2) is 22.7 Å². The molecule has 0 spiro atoms. The molecule has 0 aliphatic heterocycles. The van der Waals surface area contributed by atoms with Crippen molar-refractivity contribution in [3.05, 3.63) is 28.2 Å². The minimum Gasteiger partial charge on any atom is -0.496 e. The fourth-order valence-electron chi connectivity index (χ4n) is 0.936. The molecule has 0 saturated carbocycles. The Morgan fingerprint density at radius 1 is 1.50 bits per heavy atom. The molecule has 0 unspecified atom stereocenters. The Bertz CT molecular complexity index is 271. The Kier molecular flexibility index (Phi) is 3.12. The van der Waals surface area contributed by atoms with Crippen molar-refractivity contribution in [3.63, 3.8) is 0 Å². The zero-order valence-corrected chi connectivity index (χ0v) is 8.63. The molecule has 0 radical (unpaired) electrons. The first kappa shape index (κ1) is 9.55. The summed E-state index contributed by atoms with van der Waals surface area (Å²) in [6.45, 7) is 1.72. The van der Waals surface area contributed by atoms with Crippen molar-refractivity contribution in [1.82, 2.24) is 0 Å². The monoisotopic (exact) mass is 230 g/mol. The van der Waals surface area contributed by atoms with Gasteiger partial charge in [0.05, 0.1) is 17.7 Å². The number of ether oxygens (including phenoxy) is 1. The van der Waals surface area contributed by atoms with Gasteiger partial charge >= 0.3 is 0 Å². The van der Waals surface area contributed by atoms with Crippen LogP contribution in [0.5, 0.6) is 5.75 Å². The first-order valence-corrected chi connectivity index (χ1v) is 4.46. The second kappa shape index (κ2) is 3.92. The van der Waals surface area contributed by atoms with E-state index in [-0.39, 0.29) is 0 Å². The van der Waals surface area contributed by atoms with Gasteiger partial charge in [-0.3, -0.25) is 0 Å². The molecule has 1 rings (SSSR count). The average molecular weight is 231 g/mol. The fraction of sp³-hybridized carbons (Fsp3) is 0.333. The standard InChI is InChI=1S/C9H11BrO2/c1-6(11)7-3-4-8(10)9(5-7)12-2/h3-6,11H,1-2H3/t6-/m0/s1. The van der Waals surface area contributed by atoms with Crippen LogP contribution in [0.1, 0.15) is 18.6 Å². The largest absolute Gasteiger partial charge is 0.496 e. The molecule has 1 aromatic carbocycles. The van der Waals surface area contributed by atoms with Crippen molar-refractivity contribution in [1.29, 1.82) is 0 Å². The van der Waals surface area contributed by atoms with Crippen molar-refractivity contribution >= 4 is 15.9 Å². The maximum absolute atomic E-state index is 9.26. The molecule has 0 saturated heterocycles. The number of aliphatic hydroxyl groups excluding tert-OH is 1. The summed E-state index contributed by atoms with van der Waals surface area (Å²) in [7, 11) is 1.60. The highest BCUT2D eigenvalue weighted by atomic mass is 79.9. The second-order valence-corrected chi connectivity index (χ2v) is 3.42. The van der Waals surface area contributed by atoms with Gasteiger partial charge in [0.15, 0.2) is 0 Å². The van der Waals surface area contributed by atoms with Gasteiger partial charge in [-0.2, -0.15) is 0 Å². The third kappa shape index (κ3) is 1.99. The van der Waals surface area contributed by atoms with E-state index in [1.165, 1.54) is 0 Å². The van der Waals surface area contributed by atoms with Crippen LogP contribution in [-0.2, 0) is 0 Å². The Labute approximate surface area is 80.3 Å². The van der Waals surface area contributed by atoms with Crippen LogP contribution in [0.3, 0.4) is 0 Å². The maximum Gasteiger partial charge on any atom is 0.133 e. The molecule has 3 heteroatoms.